The first-order valence-corrected chi connectivity index (χ1v) is 8.00. The maximum absolute atomic E-state index is 11.8. The molecule has 138 valence electrons. The molecule has 0 aliphatic carbocycles. The first-order chi connectivity index (χ1) is 12.7. The van der Waals surface area contributed by atoms with Crippen molar-refractivity contribution in [2.24, 2.45) is 0 Å². The third-order valence-electron chi connectivity index (χ3n) is 3.48. The third kappa shape index (κ3) is 5.73. The van der Waals surface area contributed by atoms with E-state index in [-0.39, 0.29) is 13.2 Å². The maximum Gasteiger partial charge on any atom is 0.330 e. The van der Waals surface area contributed by atoms with Gasteiger partial charge in [-0.1, -0.05) is 6.07 Å². The van der Waals surface area contributed by atoms with Crippen molar-refractivity contribution in [2.75, 3.05) is 34.5 Å². The molecule has 0 saturated heterocycles. The first kappa shape index (κ1) is 19.2. The summed E-state index contributed by atoms with van der Waals surface area (Å²) in [6, 6.07) is 12.5. The Morgan fingerprint density at radius 3 is 2.19 bits per heavy atom. The number of carbonyl (C=O) groups excluding carboxylic acids is 1. The number of carbonyl (C=O) groups is 1. The highest BCUT2D eigenvalue weighted by Crippen LogP contribution is 2.27. The lowest BCUT2D eigenvalue weighted by molar-refractivity contribution is -0.138. The summed E-state index contributed by atoms with van der Waals surface area (Å²) in [6.45, 7) is 0.420. The van der Waals surface area contributed by atoms with Gasteiger partial charge in [0.05, 0.1) is 21.3 Å². The lowest BCUT2D eigenvalue weighted by Crippen LogP contribution is -2.10. The van der Waals surface area contributed by atoms with Crippen molar-refractivity contribution in [3.05, 3.63) is 54.1 Å². The minimum atomic E-state index is -0.446. The summed E-state index contributed by atoms with van der Waals surface area (Å²) >= 11 is 0. The van der Waals surface area contributed by atoms with Gasteiger partial charge in [0.1, 0.15) is 24.7 Å². The quantitative estimate of drug-likeness (QED) is 0.389. The zero-order valence-corrected chi connectivity index (χ0v) is 15.1. The van der Waals surface area contributed by atoms with Crippen molar-refractivity contribution >= 4 is 12.0 Å². The average molecular weight is 358 g/mol. The van der Waals surface area contributed by atoms with Gasteiger partial charge in [0.2, 0.25) is 0 Å². The molecule has 0 saturated carbocycles. The number of rotatable bonds is 9. The molecule has 0 N–H and O–H groups in total. The van der Waals surface area contributed by atoms with Crippen molar-refractivity contribution < 1.29 is 28.5 Å². The fourth-order valence-corrected chi connectivity index (χ4v) is 2.14. The van der Waals surface area contributed by atoms with Crippen LogP contribution in [-0.4, -0.2) is 40.5 Å². The Kier molecular flexibility index (Phi) is 7.36. The molecule has 2 rings (SSSR count). The van der Waals surface area contributed by atoms with Gasteiger partial charge in [-0.2, -0.15) is 0 Å². The molecule has 0 unspecified atom stereocenters. The Hall–Kier alpha value is -3.15. The Balaban J connectivity index is 1.76. The van der Waals surface area contributed by atoms with Gasteiger partial charge < -0.3 is 23.7 Å². The van der Waals surface area contributed by atoms with E-state index >= 15 is 0 Å². The molecule has 0 fully saturated rings. The molecule has 0 aromatic heterocycles. The van der Waals surface area contributed by atoms with E-state index in [1.54, 1.807) is 63.8 Å². The molecule has 0 amide bonds. The van der Waals surface area contributed by atoms with Gasteiger partial charge in [0, 0.05) is 6.08 Å². The van der Waals surface area contributed by atoms with Crippen molar-refractivity contribution in [1.82, 2.24) is 0 Å². The largest absolute Gasteiger partial charge is 0.497 e. The van der Waals surface area contributed by atoms with Crippen LogP contribution >= 0.6 is 0 Å². The average Bonchev–Trinajstić information content (AvgIpc) is 2.69. The Morgan fingerprint density at radius 1 is 0.846 bits per heavy atom. The number of ether oxygens (including phenoxy) is 5. The molecule has 26 heavy (non-hydrogen) atoms. The molecule has 6 heteroatoms. The van der Waals surface area contributed by atoms with E-state index in [0.29, 0.717) is 17.2 Å². The predicted molar refractivity (Wildman–Crippen MR) is 98.0 cm³/mol. The van der Waals surface area contributed by atoms with Crippen molar-refractivity contribution in [1.29, 1.82) is 0 Å². The van der Waals surface area contributed by atoms with Gasteiger partial charge in [-0.3, -0.25) is 0 Å². The number of methoxy groups -OCH3 is 3. The molecule has 0 heterocycles. The summed E-state index contributed by atoms with van der Waals surface area (Å²) in [5.41, 5.74) is 0.800. The molecular weight excluding hydrogens is 336 g/mol. The summed E-state index contributed by atoms with van der Waals surface area (Å²) in [6.07, 6.45) is 3.00. The second-order valence-corrected chi connectivity index (χ2v) is 5.14. The van der Waals surface area contributed by atoms with Gasteiger partial charge in [-0.15, -0.1) is 0 Å². The summed E-state index contributed by atoms with van der Waals surface area (Å²) in [5.74, 6) is 2.21. The Labute approximate surface area is 152 Å². The lowest BCUT2D eigenvalue weighted by atomic mass is 10.2. The topological polar surface area (TPSA) is 63.2 Å². The van der Waals surface area contributed by atoms with Gasteiger partial charge in [-0.25, -0.2) is 4.79 Å². The minimum Gasteiger partial charge on any atom is -0.497 e. The van der Waals surface area contributed by atoms with Crippen LogP contribution in [-0.2, 0) is 9.53 Å². The molecule has 0 aliphatic rings. The molecule has 2 aromatic carbocycles. The van der Waals surface area contributed by atoms with Gasteiger partial charge in [-0.05, 0) is 48.0 Å². The van der Waals surface area contributed by atoms with Crippen LogP contribution in [0, 0.1) is 0 Å². The van der Waals surface area contributed by atoms with Gasteiger partial charge >= 0.3 is 5.97 Å². The molecule has 0 spiro atoms. The smallest absolute Gasteiger partial charge is 0.330 e. The highest BCUT2D eigenvalue weighted by atomic mass is 16.6. The zero-order valence-electron chi connectivity index (χ0n) is 15.1. The number of benzene rings is 2. The standard InChI is InChI=1S/C20H22O6/c1-22-16-6-8-17(9-7-16)25-12-13-26-20(21)11-5-15-4-10-18(23-2)19(14-15)24-3/h4-11,14H,12-13H2,1-3H3/b11-5+. The van der Waals surface area contributed by atoms with Crippen molar-refractivity contribution in [3.63, 3.8) is 0 Å². The summed E-state index contributed by atoms with van der Waals surface area (Å²) < 4.78 is 26.0. The third-order valence-corrected chi connectivity index (χ3v) is 3.48. The molecule has 2 aromatic rings. The second kappa shape index (κ2) is 9.98. The second-order valence-electron chi connectivity index (χ2n) is 5.14. The van der Waals surface area contributed by atoms with Gasteiger partial charge in [0.25, 0.3) is 0 Å². The van der Waals surface area contributed by atoms with Crippen LogP contribution in [0.1, 0.15) is 5.56 Å². The predicted octanol–water partition coefficient (Wildman–Crippen LogP) is 3.35. The van der Waals surface area contributed by atoms with Crippen LogP contribution in [0.15, 0.2) is 48.5 Å². The lowest BCUT2D eigenvalue weighted by Gasteiger charge is -2.08. The maximum atomic E-state index is 11.8. The summed E-state index contributed by atoms with van der Waals surface area (Å²) in [7, 11) is 4.73. The fraction of sp³-hybridized carbons (Fsp3) is 0.250. The highest BCUT2D eigenvalue weighted by Gasteiger charge is 2.04. The van der Waals surface area contributed by atoms with Gasteiger partial charge in [0.15, 0.2) is 11.5 Å². The van der Waals surface area contributed by atoms with E-state index in [1.165, 1.54) is 6.08 Å². The van der Waals surface area contributed by atoms with Crippen LogP contribution in [0.2, 0.25) is 0 Å². The van der Waals surface area contributed by atoms with Crippen LogP contribution in [0.25, 0.3) is 6.08 Å². The van der Waals surface area contributed by atoms with Crippen LogP contribution < -0.4 is 18.9 Å². The van der Waals surface area contributed by atoms with E-state index in [1.807, 2.05) is 6.07 Å². The monoisotopic (exact) mass is 358 g/mol. The van der Waals surface area contributed by atoms with Crippen molar-refractivity contribution in [3.8, 4) is 23.0 Å². The Morgan fingerprint density at radius 2 is 1.54 bits per heavy atom. The van der Waals surface area contributed by atoms with Crippen LogP contribution in [0.5, 0.6) is 23.0 Å². The number of hydrogen-bond acceptors (Lipinski definition) is 6. The first-order valence-electron chi connectivity index (χ1n) is 8.00. The molecular formula is C20H22O6. The van der Waals surface area contributed by atoms with E-state index in [0.717, 1.165) is 11.3 Å². The number of hydrogen-bond donors (Lipinski definition) is 0. The molecule has 0 bridgehead atoms. The van der Waals surface area contributed by atoms with E-state index in [2.05, 4.69) is 0 Å². The molecule has 6 nitrogen and oxygen atoms in total. The zero-order chi connectivity index (χ0) is 18.8. The van der Waals surface area contributed by atoms with E-state index < -0.39 is 5.97 Å². The fourth-order valence-electron chi connectivity index (χ4n) is 2.14. The highest BCUT2D eigenvalue weighted by molar-refractivity contribution is 5.87. The minimum absolute atomic E-state index is 0.154. The van der Waals surface area contributed by atoms with Crippen LogP contribution in [0.3, 0.4) is 0 Å². The van der Waals surface area contributed by atoms with E-state index in [9.17, 15) is 4.79 Å². The number of esters is 1. The normalized spacial score (nSPS) is 10.4. The molecule has 0 atom stereocenters. The van der Waals surface area contributed by atoms with E-state index in [4.69, 9.17) is 23.7 Å². The SMILES string of the molecule is COc1ccc(OCCOC(=O)/C=C/c2ccc(OC)c(OC)c2)cc1. The molecule has 0 aliphatic heterocycles. The summed E-state index contributed by atoms with van der Waals surface area (Å²) in [4.78, 5) is 11.8. The van der Waals surface area contributed by atoms with Crippen LogP contribution in [0.4, 0.5) is 0 Å². The van der Waals surface area contributed by atoms with Crippen molar-refractivity contribution in [2.45, 2.75) is 0 Å². The Bertz CT molecular complexity index is 736. The molecule has 0 radical (unpaired) electrons. The summed E-state index contributed by atoms with van der Waals surface area (Å²) in [5, 5.41) is 0.